The monoisotopic (exact) mass is 418 g/mol. The fraction of sp³-hybridized carbons (Fsp3) is 0.227. The van der Waals surface area contributed by atoms with Gasteiger partial charge in [0.1, 0.15) is 11.9 Å². The van der Waals surface area contributed by atoms with E-state index in [4.69, 9.17) is 0 Å². The molecule has 4 aromatic rings. The summed E-state index contributed by atoms with van der Waals surface area (Å²) in [6.07, 6.45) is 0.148. The van der Waals surface area contributed by atoms with E-state index in [-0.39, 0.29) is 18.3 Å². The van der Waals surface area contributed by atoms with E-state index in [1.165, 1.54) is 0 Å². The number of hydrogen-bond donors (Lipinski definition) is 3. The molecule has 158 valence electrons. The van der Waals surface area contributed by atoms with Gasteiger partial charge in [0.15, 0.2) is 0 Å². The van der Waals surface area contributed by atoms with Gasteiger partial charge in [0.2, 0.25) is 5.95 Å². The predicted molar refractivity (Wildman–Crippen MR) is 117 cm³/mol. The topological polar surface area (TPSA) is 126 Å². The Balaban J connectivity index is 1.77. The number of H-pyrrole nitrogens is 2. The van der Waals surface area contributed by atoms with E-state index in [2.05, 4.69) is 25.5 Å². The molecule has 0 aliphatic rings. The van der Waals surface area contributed by atoms with E-state index in [1.807, 2.05) is 44.2 Å². The van der Waals surface area contributed by atoms with Crippen LogP contribution in [0.15, 0.2) is 64.2 Å². The second-order valence-electron chi connectivity index (χ2n) is 7.54. The lowest BCUT2D eigenvalue weighted by molar-refractivity contribution is -0.119. The molecule has 1 unspecified atom stereocenters. The Hall–Kier alpha value is -4.01. The summed E-state index contributed by atoms with van der Waals surface area (Å²) in [5.41, 5.74) is 0.0362. The normalized spacial score (nSPS) is 12.2. The van der Waals surface area contributed by atoms with Crippen LogP contribution < -0.4 is 16.6 Å². The molecule has 1 amide bonds. The minimum absolute atomic E-state index is 0.0945. The second kappa shape index (κ2) is 8.39. The molecular weight excluding hydrogens is 396 g/mol. The number of aromatic amines is 2. The molecule has 31 heavy (non-hydrogen) atoms. The van der Waals surface area contributed by atoms with Crippen LogP contribution in [-0.4, -0.2) is 30.6 Å². The Morgan fingerprint density at radius 2 is 1.77 bits per heavy atom. The highest BCUT2D eigenvalue weighted by Crippen LogP contribution is 2.16. The smallest absolute Gasteiger partial charge is 0.307 e. The first-order valence-corrected chi connectivity index (χ1v) is 9.94. The molecule has 2 aromatic heterocycles. The van der Waals surface area contributed by atoms with Crippen molar-refractivity contribution < 1.29 is 4.79 Å². The fourth-order valence-corrected chi connectivity index (χ4v) is 3.38. The largest absolute Gasteiger partial charge is 0.329 e. The number of benzene rings is 2. The molecular formula is C22H22N6O3. The summed E-state index contributed by atoms with van der Waals surface area (Å²) in [7, 11) is 0. The van der Waals surface area contributed by atoms with Crippen molar-refractivity contribution in [2.24, 2.45) is 0 Å². The maximum absolute atomic E-state index is 13.2. The molecule has 0 spiro atoms. The standard InChI is InChI=1S/C22H22N6O3/c1-13(2)18-24-21(27-26-18)25-19(29)17(12-14-8-4-3-5-9-14)28-20(30)15-10-6-7-11-16(15)23-22(28)31/h3-11,13,17H,12H2,1-2H3,(H,23,31)(H2,24,25,26,27,29). The van der Waals surface area contributed by atoms with Crippen molar-refractivity contribution in [1.29, 1.82) is 0 Å². The summed E-state index contributed by atoms with van der Waals surface area (Å²) >= 11 is 0. The van der Waals surface area contributed by atoms with Crippen LogP contribution in [0.25, 0.3) is 10.9 Å². The third-order valence-corrected chi connectivity index (χ3v) is 5.01. The molecule has 2 heterocycles. The van der Waals surface area contributed by atoms with Gasteiger partial charge < -0.3 is 4.98 Å². The van der Waals surface area contributed by atoms with Gasteiger partial charge in [-0.25, -0.2) is 9.36 Å². The average Bonchev–Trinajstić information content (AvgIpc) is 3.22. The molecule has 0 saturated heterocycles. The average molecular weight is 418 g/mol. The van der Waals surface area contributed by atoms with E-state index in [1.54, 1.807) is 24.3 Å². The van der Waals surface area contributed by atoms with Crippen molar-refractivity contribution in [3.63, 3.8) is 0 Å². The Kier molecular flexibility index (Phi) is 5.48. The molecule has 0 saturated carbocycles. The molecule has 0 radical (unpaired) electrons. The molecule has 0 fully saturated rings. The van der Waals surface area contributed by atoms with Crippen molar-refractivity contribution in [2.45, 2.75) is 32.2 Å². The van der Waals surface area contributed by atoms with Crippen LogP contribution >= 0.6 is 0 Å². The van der Waals surface area contributed by atoms with Crippen molar-refractivity contribution >= 4 is 22.8 Å². The Labute approximate surface area is 177 Å². The fourth-order valence-electron chi connectivity index (χ4n) is 3.38. The SMILES string of the molecule is CC(C)c1nc(NC(=O)C(Cc2ccccc2)n2c(=O)[nH]c3ccccc3c2=O)n[nH]1. The number of hydrogen-bond acceptors (Lipinski definition) is 5. The van der Waals surface area contributed by atoms with Gasteiger partial charge in [0.05, 0.1) is 10.9 Å². The Bertz CT molecular complexity index is 1340. The van der Waals surface area contributed by atoms with E-state index < -0.39 is 23.2 Å². The zero-order chi connectivity index (χ0) is 22.0. The number of rotatable bonds is 6. The van der Waals surface area contributed by atoms with Crippen molar-refractivity contribution in [3.8, 4) is 0 Å². The molecule has 0 aliphatic heterocycles. The second-order valence-corrected chi connectivity index (χ2v) is 7.54. The number of nitrogens with zero attached hydrogens (tertiary/aromatic N) is 3. The van der Waals surface area contributed by atoms with Gasteiger partial charge in [-0.05, 0) is 17.7 Å². The van der Waals surface area contributed by atoms with Crippen molar-refractivity contribution in [1.82, 2.24) is 24.7 Å². The van der Waals surface area contributed by atoms with Crippen LogP contribution in [-0.2, 0) is 11.2 Å². The number of anilines is 1. The Morgan fingerprint density at radius 3 is 2.48 bits per heavy atom. The van der Waals surface area contributed by atoms with E-state index in [0.717, 1.165) is 10.1 Å². The Morgan fingerprint density at radius 1 is 1.06 bits per heavy atom. The lowest BCUT2D eigenvalue weighted by Gasteiger charge is -2.18. The lowest BCUT2D eigenvalue weighted by atomic mass is 10.0. The predicted octanol–water partition coefficient (Wildman–Crippen LogP) is 2.35. The number of carbonyl (C=O) groups is 1. The summed E-state index contributed by atoms with van der Waals surface area (Å²) in [5, 5.41) is 9.75. The third kappa shape index (κ3) is 4.16. The van der Waals surface area contributed by atoms with Crippen LogP contribution in [0.2, 0.25) is 0 Å². The first-order chi connectivity index (χ1) is 14.9. The van der Waals surface area contributed by atoms with Crippen LogP contribution in [0.5, 0.6) is 0 Å². The summed E-state index contributed by atoms with van der Waals surface area (Å²) in [5.74, 6) is 0.262. The van der Waals surface area contributed by atoms with Crippen LogP contribution in [0.4, 0.5) is 5.95 Å². The third-order valence-electron chi connectivity index (χ3n) is 5.01. The highest BCUT2D eigenvalue weighted by molar-refractivity contribution is 5.92. The zero-order valence-corrected chi connectivity index (χ0v) is 17.1. The van der Waals surface area contributed by atoms with Gasteiger partial charge in [-0.2, -0.15) is 4.98 Å². The van der Waals surface area contributed by atoms with Gasteiger partial charge in [-0.15, -0.1) is 5.10 Å². The van der Waals surface area contributed by atoms with Crippen LogP contribution in [0.3, 0.4) is 0 Å². The highest BCUT2D eigenvalue weighted by Gasteiger charge is 2.26. The van der Waals surface area contributed by atoms with Gasteiger partial charge in [-0.3, -0.25) is 20.0 Å². The van der Waals surface area contributed by atoms with Crippen molar-refractivity contribution in [3.05, 3.63) is 86.8 Å². The molecule has 4 rings (SSSR count). The first-order valence-electron chi connectivity index (χ1n) is 9.94. The van der Waals surface area contributed by atoms with E-state index in [0.29, 0.717) is 16.7 Å². The number of nitrogens with one attached hydrogen (secondary N) is 3. The molecule has 0 aliphatic carbocycles. The highest BCUT2D eigenvalue weighted by atomic mass is 16.2. The van der Waals surface area contributed by atoms with Crippen LogP contribution in [0, 0.1) is 0 Å². The summed E-state index contributed by atoms with van der Waals surface area (Å²) in [4.78, 5) is 46.2. The van der Waals surface area contributed by atoms with Gasteiger partial charge in [0.25, 0.3) is 11.5 Å². The van der Waals surface area contributed by atoms with Gasteiger partial charge >= 0.3 is 5.69 Å². The van der Waals surface area contributed by atoms with Gasteiger partial charge in [0, 0.05) is 12.3 Å². The van der Waals surface area contributed by atoms with Gasteiger partial charge in [-0.1, -0.05) is 56.3 Å². The zero-order valence-electron chi connectivity index (χ0n) is 17.1. The number of fused-ring (bicyclic) bond motifs is 1. The quantitative estimate of drug-likeness (QED) is 0.443. The number of carbonyl (C=O) groups excluding carboxylic acids is 1. The number of amides is 1. The molecule has 1 atom stereocenters. The number of para-hydroxylation sites is 1. The molecule has 9 nitrogen and oxygen atoms in total. The first kappa shape index (κ1) is 20.3. The summed E-state index contributed by atoms with van der Waals surface area (Å²) < 4.78 is 0.959. The summed E-state index contributed by atoms with van der Waals surface area (Å²) in [6.45, 7) is 3.89. The molecule has 0 bridgehead atoms. The van der Waals surface area contributed by atoms with E-state index in [9.17, 15) is 14.4 Å². The molecule has 2 aromatic carbocycles. The molecule has 3 N–H and O–H groups in total. The minimum Gasteiger partial charge on any atom is -0.307 e. The van der Waals surface area contributed by atoms with Crippen LogP contribution in [0.1, 0.15) is 37.2 Å². The maximum Gasteiger partial charge on any atom is 0.329 e. The lowest BCUT2D eigenvalue weighted by Crippen LogP contribution is -2.43. The van der Waals surface area contributed by atoms with E-state index >= 15 is 0 Å². The summed E-state index contributed by atoms with van der Waals surface area (Å²) in [6, 6.07) is 14.8. The minimum atomic E-state index is -1.09. The number of aromatic nitrogens is 5. The maximum atomic E-state index is 13.2. The van der Waals surface area contributed by atoms with Crippen molar-refractivity contribution in [2.75, 3.05) is 5.32 Å². The molecule has 9 heteroatoms.